The van der Waals surface area contributed by atoms with Crippen LogP contribution in [0, 0.1) is 5.92 Å². The summed E-state index contributed by atoms with van der Waals surface area (Å²) in [6, 6.07) is 0. The second kappa shape index (κ2) is 16.2. The summed E-state index contributed by atoms with van der Waals surface area (Å²) in [5, 5.41) is 0. The Balaban J connectivity index is 2.00. The van der Waals surface area contributed by atoms with Crippen LogP contribution in [-0.2, 0) is 38.2 Å². The van der Waals surface area contributed by atoms with Crippen molar-refractivity contribution in [2.45, 2.75) is 123 Å². The molecular weight excluding hydrogens is 416 g/mol. The normalized spacial score (nSPS) is 18.9. The molecule has 0 bridgehead atoms. The number of carbonyl (C=O) groups is 2. The van der Waals surface area contributed by atoms with E-state index in [1.807, 2.05) is 0 Å². The van der Waals surface area contributed by atoms with Gasteiger partial charge in [0.05, 0.1) is 0 Å². The summed E-state index contributed by atoms with van der Waals surface area (Å²) >= 11 is -3.40. The minimum Gasteiger partial charge on any atom is -0.0628 e. The van der Waals surface area contributed by atoms with Crippen molar-refractivity contribution >= 4 is 11.6 Å². The maximum absolute atomic E-state index is 12.4. The summed E-state index contributed by atoms with van der Waals surface area (Å²) in [5.41, 5.74) is 0.292. The number of unbranched alkanes of at least 4 members (excludes halogenated alkanes) is 11. The molecular formula is C24H42O5Ti. The Morgan fingerprint density at radius 1 is 0.800 bits per heavy atom. The van der Waals surface area contributed by atoms with Crippen molar-refractivity contribution < 1.29 is 38.2 Å². The Morgan fingerprint density at radius 2 is 1.23 bits per heavy atom. The van der Waals surface area contributed by atoms with E-state index in [0.29, 0.717) is 12.0 Å². The van der Waals surface area contributed by atoms with Gasteiger partial charge in [-0.25, -0.2) is 0 Å². The average molecular weight is 458 g/mol. The molecule has 30 heavy (non-hydrogen) atoms. The van der Waals surface area contributed by atoms with Crippen LogP contribution >= 0.6 is 0 Å². The first-order valence-corrected chi connectivity index (χ1v) is 13.8. The second-order valence-electron chi connectivity index (χ2n) is 9.11. The van der Waals surface area contributed by atoms with Gasteiger partial charge in [0, 0.05) is 0 Å². The number of rotatable bonds is 18. The number of ketones is 2. The Morgan fingerprint density at radius 3 is 1.70 bits per heavy atom. The predicted octanol–water partition coefficient (Wildman–Crippen LogP) is 6.40. The third kappa shape index (κ3) is 11.8. The van der Waals surface area contributed by atoms with Crippen molar-refractivity contribution in [1.29, 1.82) is 0 Å². The molecule has 1 rings (SSSR count). The Bertz CT molecular complexity index is 558. The Labute approximate surface area is 190 Å². The molecule has 0 aromatic heterocycles. The van der Waals surface area contributed by atoms with Crippen molar-refractivity contribution in [1.82, 2.24) is 0 Å². The van der Waals surface area contributed by atoms with Gasteiger partial charge in [-0.2, -0.15) is 0 Å². The van der Waals surface area contributed by atoms with E-state index < -0.39 is 30.8 Å². The van der Waals surface area contributed by atoms with Gasteiger partial charge in [0.2, 0.25) is 0 Å². The number of hydrogen-bond donors (Lipinski definition) is 0. The molecule has 2 atom stereocenters. The molecule has 0 aliphatic carbocycles. The maximum atomic E-state index is 12.4. The van der Waals surface area contributed by atoms with E-state index >= 15 is 0 Å². The monoisotopic (exact) mass is 458 g/mol. The smallest absolute Gasteiger partial charge is 0.0628 e. The zero-order valence-electron chi connectivity index (χ0n) is 19.4. The summed E-state index contributed by atoms with van der Waals surface area (Å²) in [7, 11) is 0. The first-order valence-electron chi connectivity index (χ1n) is 11.9. The predicted molar refractivity (Wildman–Crippen MR) is 115 cm³/mol. The van der Waals surface area contributed by atoms with E-state index in [1.165, 1.54) is 64.2 Å². The summed E-state index contributed by atoms with van der Waals surface area (Å²) in [6.07, 6.45) is 14.5. The molecule has 172 valence electrons. The van der Waals surface area contributed by atoms with Crippen LogP contribution in [0.25, 0.3) is 0 Å². The summed E-state index contributed by atoms with van der Waals surface area (Å²) in [6.45, 7) is 9.73. The third-order valence-electron chi connectivity index (χ3n) is 5.67. The van der Waals surface area contributed by atoms with E-state index in [0.717, 1.165) is 25.2 Å². The van der Waals surface area contributed by atoms with Gasteiger partial charge in [-0.15, -0.1) is 0 Å². The fraction of sp³-hybridized carbons (Fsp3) is 0.833. The summed E-state index contributed by atoms with van der Waals surface area (Å²) in [5.74, 6) is 0.270. The molecule has 6 heteroatoms. The van der Waals surface area contributed by atoms with Crippen molar-refractivity contribution in [3.63, 3.8) is 0 Å². The van der Waals surface area contributed by atoms with E-state index in [9.17, 15) is 12.9 Å². The number of carbonyl (C=O) groups excluding carboxylic acids is 2. The molecule has 0 aromatic rings. The Hall–Kier alpha value is -0.486. The van der Waals surface area contributed by atoms with Crippen LogP contribution in [0.4, 0.5) is 0 Å². The molecule has 0 aromatic carbocycles. The first kappa shape index (κ1) is 27.5. The standard InChI is InChI=1S/C24H42O4.O.Ti/c1-19(2)17-15-13-11-9-7-5-6-8-10-12-14-16-18-21(25)23(27)24(28)22(26)20(3)4;;/h19,23-24H,3,5-18H2,1-2,4H3;;/q-2;;+2. The molecule has 0 N–H and O–H groups in total. The van der Waals surface area contributed by atoms with Gasteiger partial charge in [-0.1, -0.05) is 46.0 Å². The molecule has 1 aliphatic rings. The molecule has 0 saturated carbocycles. The van der Waals surface area contributed by atoms with E-state index in [2.05, 4.69) is 20.4 Å². The number of hydrogen-bond acceptors (Lipinski definition) is 5. The van der Waals surface area contributed by atoms with Crippen LogP contribution in [-0.4, -0.2) is 23.8 Å². The first-order chi connectivity index (χ1) is 14.3. The van der Waals surface area contributed by atoms with Crippen LogP contribution in [0.3, 0.4) is 0 Å². The second-order valence-corrected chi connectivity index (χ2v) is 10.6. The van der Waals surface area contributed by atoms with Gasteiger partial charge in [-0.05, 0) is 5.92 Å². The molecule has 5 nitrogen and oxygen atoms in total. The molecule has 2 unspecified atom stereocenters. The molecule has 0 spiro atoms. The fourth-order valence-electron chi connectivity index (χ4n) is 3.79. The van der Waals surface area contributed by atoms with Crippen molar-refractivity contribution in [2.75, 3.05) is 0 Å². The number of Topliss-reactive ketones (excluding diaryl/α,β-unsaturated/α-hetero) is 2. The van der Waals surface area contributed by atoms with Gasteiger partial charge < -0.3 is 0 Å². The van der Waals surface area contributed by atoms with Gasteiger partial charge in [-0.3, -0.25) is 0 Å². The zero-order valence-corrected chi connectivity index (χ0v) is 20.9. The quantitative estimate of drug-likeness (QED) is 0.135. The topological polar surface area (TPSA) is 69.7 Å². The van der Waals surface area contributed by atoms with Crippen LogP contribution < -0.4 is 0 Å². The average Bonchev–Trinajstić information content (AvgIpc) is 3.08. The van der Waals surface area contributed by atoms with Gasteiger partial charge in [0.25, 0.3) is 0 Å². The molecule has 1 heterocycles. The molecule has 1 saturated heterocycles. The minimum absolute atomic E-state index is 0.179. The van der Waals surface area contributed by atoms with Crippen molar-refractivity contribution in [3.05, 3.63) is 12.2 Å². The molecule has 1 fully saturated rings. The van der Waals surface area contributed by atoms with Crippen molar-refractivity contribution in [2.24, 2.45) is 5.92 Å². The molecule has 0 amide bonds. The minimum atomic E-state index is -3.40. The van der Waals surface area contributed by atoms with E-state index in [-0.39, 0.29) is 11.6 Å². The zero-order chi connectivity index (χ0) is 22.4. The molecule has 0 radical (unpaired) electrons. The van der Waals surface area contributed by atoms with Crippen LogP contribution in [0.2, 0.25) is 0 Å². The van der Waals surface area contributed by atoms with Crippen LogP contribution in [0.1, 0.15) is 111 Å². The van der Waals surface area contributed by atoms with E-state index in [1.54, 1.807) is 6.92 Å². The van der Waals surface area contributed by atoms with Crippen LogP contribution in [0.5, 0.6) is 0 Å². The summed E-state index contributed by atoms with van der Waals surface area (Å²) in [4.78, 5) is 24.4. The summed E-state index contributed by atoms with van der Waals surface area (Å²) < 4.78 is 21.8. The van der Waals surface area contributed by atoms with Crippen molar-refractivity contribution in [3.8, 4) is 0 Å². The Kier molecular flexibility index (Phi) is 14.9. The van der Waals surface area contributed by atoms with Gasteiger partial charge >= 0.3 is 139 Å². The fourth-order valence-corrected chi connectivity index (χ4v) is 5.28. The SMILES string of the molecule is C=C(C)C(=O)C1[O][Ti](=[O])[O]C1C(=O)CCCCCCCCCCCCCCC(C)C. The van der Waals surface area contributed by atoms with E-state index in [4.69, 9.17) is 6.64 Å². The third-order valence-corrected chi connectivity index (χ3v) is 7.07. The molecule has 1 aliphatic heterocycles. The van der Waals surface area contributed by atoms with Crippen LogP contribution in [0.15, 0.2) is 12.2 Å². The van der Waals surface area contributed by atoms with Gasteiger partial charge in [0.15, 0.2) is 0 Å². The van der Waals surface area contributed by atoms with Gasteiger partial charge in [0.1, 0.15) is 0 Å².